The van der Waals surface area contributed by atoms with E-state index in [4.69, 9.17) is 0 Å². The van der Waals surface area contributed by atoms with E-state index in [2.05, 4.69) is 0 Å². The molecule has 0 spiro atoms. The lowest BCUT2D eigenvalue weighted by Gasteiger charge is -2.24. The van der Waals surface area contributed by atoms with E-state index in [-0.39, 0.29) is 5.91 Å². The first kappa shape index (κ1) is 10.8. The fourth-order valence-corrected chi connectivity index (χ4v) is 2.39. The molecule has 1 aliphatic rings. The smallest absolute Gasteiger partial charge is 0.247 e. The van der Waals surface area contributed by atoms with Gasteiger partial charge in [-0.3, -0.25) is 9.00 Å². The van der Waals surface area contributed by atoms with Crippen LogP contribution in [0.15, 0.2) is 11.5 Å². The average Bonchev–Trinajstić information content (AvgIpc) is 2.15. The van der Waals surface area contributed by atoms with Crippen LogP contribution in [0.3, 0.4) is 0 Å². The maximum atomic E-state index is 11.4. The van der Waals surface area contributed by atoms with Gasteiger partial charge in [-0.2, -0.15) is 0 Å². The molecule has 0 bridgehead atoms. The van der Waals surface area contributed by atoms with Gasteiger partial charge in [0.25, 0.3) is 0 Å². The Bertz CT molecular complexity index is 230. The summed E-state index contributed by atoms with van der Waals surface area (Å²) in [5.74, 6) is 1.28. The van der Waals surface area contributed by atoms with Crippen molar-refractivity contribution < 1.29 is 9.00 Å². The Morgan fingerprint density at radius 2 is 2.08 bits per heavy atom. The van der Waals surface area contributed by atoms with Crippen LogP contribution >= 0.6 is 11.8 Å². The lowest BCUT2D eigenvalue weighted by Crippen LogP contribution is -2.40. The minimum absolute atomic E-state index is 0.0334. The van der Waals surface area contributed by atoms with Crippen molar-refractivity contribution in [3.63, 3.8) is 0 Å². The van der Waals surface area contributed by atoms with Crippen molar-refractivity contribution in [3.05, 3.63) is 11.5 Å². The van der Waals surface area contributed by atoms with Gasteiger partial charge in [0, 0.05) is 41.5 Å². The molecule has 1 rings (SSSR count). The van der Waals surface area contributed by atoms with Crippen LogP contribution in [-0.4, -0.2) is 45.9 Å². The predicted molar refractivity (Wildman–Crippen MR) is 57.1 cm³/mol. The Morgan fingerprint density at radius 3 is 2.62 bits per heavy atom. The van der Waals surface area contributed by atoms with Gasteiger partial charge in [-0.15, -0.1) is 11.8 Å². The molecule has 74 valence electrons. The number of hydrogen-bond acceptors (Lipinski definition) is 3. The SMILES string of the molecule is CS/C=C/C(=O)N1CCS(=O)CC1. The Hall–Kier alpha value is -0.290. The summed E-state index contributed by atoms with van der Waals surface area (Å²) in [5, 5.41) is 1.77. The van der Waals surface area contributed by atoms with E-state index in [1.54, 1.807) is 16.4 Å². The molecule has 0 aliphatic carbocycles. The van der Waals surface area contributed by atoms with Crippen LogP contribution in [0.4, 0.5) is 0 Å². The molecule has 13 heavy (non-hydrogen) atoms. The van der Waals surface area contributed by atoms with E-state index >= 15 is 0 Å². The molecule has 5 heteroatoms. The molecule has 0 radical (unpaired) electrons. The Kier molecular flexibility index (Phi) is 4.52. The number of carbonyl (C=O) groups is 1. The number of carbonyl (C=O) groups excluding carboxylic acids is 1. The molecule has 0 unspecified atom stereocenters. The monoisotopic (exact) mass is 219 g/mol. The summed E-state index contributed by atoms with van der Waals surface area (Å²) in [6, 6.07) is 0. The van der Waals surface area contributed by atoms with Crippen molar-refractivity contribution in [2.75, 3.05) is 30.9 Å². The van der Waals surface area contributed by atoms with Crippen molar-refractivity contribution in [2.45, 2.75) is 0 Å². The van der Waals surface area contributed by atoms with E-state index < -0.39 is 10.8 Å². The summed E-state index contributed by atoms with van der Waals surface area (Å²) in [7, 11) is -0.706. The topological polar surface area (TPSA) is 37.4 Å². The molecule has 0 N–H and O–H groups in total. The van der Waals surface area contributed by atoms with Crippen LogP contribution in [-0.2, 0) is 15.6 Å². The molecule has 0 saturated carbocycles. The summed E-state index contributed by atoms with van der Waals surface area (Å²) >= 11 is 1.51. The van der Waals surface area contributed by atoms with Crippen molar-refractivity contribution >= 4 is 28.5 Å². The fraction of sp³-hybridized carbons (Fsp3) is 0.625. The van der Waals surface area contributed by atoms with Gasteiger partial charge in [0.15, 0.2) is 0 Å². The molecular formula is C8H13NO2S2. The molecule has 1 heterocycles. The van der Waals surface area contributed by atoms with Gasteiger partial charge in [-0.05, 0) is 11.7 Å². The highest BCUT2D eigenvalue weighted by Gasteiger charge is 2.17. The van der Waals surface area contributed by atoms with Crippen molar-refractivity contribution in [1.29, 1.82) is 0 Å². The molecule has 1 saturated heterocycles. The highest BCUT2D eigenvalue weighted by Crippen LogP contribution is 2.02. The largest absolute Gasteiger partial charge is 0.337 e. The van der Waals surface area contributed by atoms with E-state index in [9.17, 15) is 9.00 Å². The van der Waals surface area contributed by atoms with Crippen LogP contribution in [0.25, 0.3) is 0 Å². The summed E-state index contributed by atoms with van der Waals surface area (Å²) in [5.41, 5.74) is 0. The van der Waals surface area contributed by atoms with Crippen molar-refractivity contribution in [2.24, 2.45) is 0 Å². The summed E-state index contributed by atoms with van der Waals surface area (Å²) in [6.45, 7) is 1.26. The summed E-state index contributed by atoms with van der Waals surface area (Å²) in [4.78, 5) is 13.1. The highest BCUT2D eigenvalue weighted by molar-refractivity contribution is 8.01. The number of rotatable bonds is 2. The third kappa shape index (κ3) is 3.52. The Labute approximate surface area is 85.0 Å². The second-order valence-corrected chi connectivity index (χ2v) is 5.15. The number of thioether (sulfide) groups is 1. The Balaban J connectivity index is 2.40. The number of nitrogens with zero attached hydrogens (tertiary/aromatic N) is 1. The third-order valence-electron chi connectivity index (χ3n) is 1.84. The first-order valence-corrected chi connectivity index (χ1v) is 6.85. The van der Waals surface area contributed by atoms with Crippen LogP contribution < -0.4 is 0 Å². The highest BCUT2D eigenvalue weighted by atomic mass is 32.2. The van der Waals surface area contributed by atoms with Crippen molar-refractivity contribution in [1.82, 2.24) is 4.90 Å². The van der Waals surface area contributed by atoms with E-state index in [0.29, 0.717) is 24.6 Å². The zero-order chi connectivity index (χ0) is 9.68. The molecule has 1 fully saturated rings. The molecule has 1 aliphatic heterocycles. The van der Waals surface area contributed by atoms with E-state index in [0.717, 1.165) is 0 Å². The lowest BCUT2D eigenvalue weighted by molar-refractivity contribution is -0.125. The maximum absolute atomic E-state index is 11.4. The van der Waals surface area contributed by atoms with Crippen LogP contribution in [0.2, 0.25) is 0 Å². The molecule has 0 aromatic rings. The van der Waals surface area contributed by atoms with Gasteiger partial charge >= 0.3 is 0 Å². The molecule has 3 nitrogen and oxygen atoms in total. The normalized spacial score (nSPS) is 19.6. The van der Waals surface area contributed by atoms with Crippen LogP contribution in [0.1, 0.15) is 0 Å². The minimum Gasteiger partial charge on any atom is -0.337 e. The first-order valence-electron chi connectivity index (χ1n) is 4.07. The quantitative estimate of drug-likeness (QED) is 0.633. The predicted octanol–water partition coefficient (Wildman–Crippen LogP) is 0.454. The number of amides is 1. The Morgan fingerprint density at radius 1 is 1.46 bits per heavy atom. The lowest BCUT2D eigenvalue weighted by atomic mass is 10.4. The van der Waals surface area contributed by atoms with Gasteiger partial charge in [-0.1, -0.05) is 0 Å². The van der Waals surface area contributed by atoms with E-state index in [1.807, 2.05) is 6.26 Å². The number of hydrogen-bond donors (Lipinski definition) is 0. The fourth-order valence-electron chi connectivity index (χ4n) is 1.09. The molecular weight excluding hydrogens is 206 g/mol. The van der Waals surface area contributed by atoms with E-state index in [1.165, 1.54) is 11.8 Å². The minimum atomic E-state index is -0.706. The van der Waals surface area contributed by atoms with Gasteiger partial charge in [-0.25, -0.2) is 0 Å². The zero-order valence-corrected chi connectivity index (χ0v) is 9.20. The average molecular weight is 219 g/mol. The summed E-state index contributed by atoms with van der Waals surface area (Å²) in [6.07, 6.45) is 3.48. The molecule has 0 atom stereocenters. The summed E-state index contributed by atoms with van der Waals surface area (Å²) < 4.78 is 11.0. The van der Waals surface area contributed by atoms with Crippen LogP contribution in [0.5, 0.6) is 0 Å². The van der Waals surface area contributed by atoms with Gasteiger partial charge in [0.1, 0.15) is 0 Å². The molecule has 0 aromatic carbocycles. The second kappa shape index (κ2) is 5.44. The van der Waals surface area contributed by atoms with Gasteiger partial charge in [0.05, 0.1) is 0 Å². The van der Waals surface area contributed by atoms with Gasteiger partial charge < -0.3 is 4.90 Å². The van der Waals surface area contributed by atoms with Crippen molar-refractivity contribution in [3.8, 4) is 0 Å². The molecule has 1 amide bonds. The standard InChI is InChI=1S/C8H13NO2S2/c1-12-5-2-8(10)9-3-6-13(11)7-4-9/h2,5H,3-4,6-7H2,1H3/b5-2+. The zero-order valence-electron chi connectivity index (χ0n) is 7.56. The van der Waals surface area contributed by atoms with Gasteiger partial charge in [0.2, 0.25) is 5.91 Å². The second-order valence-electron chi connectivity index (χ2n) is 2.71. The maximum Gasteiger partial charge on any atom is 0.247 e. The van der Waals surface area contributed by atoms with Crippen LogP contribution in [0, 0.1) is 0 Å². The molecule has 0 aromatic heterocycles. The third-order valence-corrected chi connectivity index (χ3v) is 3.52. The first-order chi connectivity index (χ1) is 6.24.